The van der Waals surface area contributed by atoms with Gasteiger partial charge in [-0.2, -0.15) is 0 Å². The van der Waals surface area contributed by atoms with Crippen LogP contribution in [0.15, 0.2) is 120 Å². The Labute approximate surface area is 230 Å². The van der Waals surface area contributed by atoms with Crippen molar-refractivity contribution in [2.75, 3.05) is 0 Å². The summed E-state index contributed by atoms with van der Waals surface area (Å²) in [5.41, 5.74) is 1.61. The minimum atomic E-state index is -3.99. The van der Waals surface area contributed by atoms with E-state index < -0.39 is 20.9 Å². The molecule has 198 valence electrons. The molecule has 0 saturated heterocycles. The second kappa shape index (κ2) is 9.99. The highest BCUT2D eigenvalue weighted by molar-refractivity contribution is 8.00. The number of aliphatic hydroxyl groups is 1. The number of rotatable bonds is 6. The summed E-state index contributed by atoms with van der Waals surface area (Å²) in [5.74, 6) is 0. The first kappa shape index (κ1) is 26.7. The van der Waals surface area contributed by atoms with Crippen LogP contribution in [0, 0.1) is 12.3 Å². The predicted octanol–water partition coefficient (Wildman–Crippen LogP) is 7.62. The minimum Gasteiger partial charge on any atom is -0.375 e. The Morgan fingerprint density at radius 2 is 1.33 bits per heavy atom. The first-order valence-corrected chi connectivity index (χ1v) is 14.5. The lowest BCUT2D eigenvalue weighted by Gasteiger charge is -2.31. The van der Waals surface area contributed by atoms with Crippen LogP contribution in [0.1, 0.15) is 48.7 Å². The van der Waals surface area contributed by atoms with Crippen molar-refractivity contribution in [3.8, 4) is 0 Å². The molecule has 39 heavy (non-hydrogen) atoms. The van der Waals surface area contributed by atoms with Crippen molar-refractivity contribution in [2.24, 2.45) is 5.41 Å². The summed E-state index contributed by atoms with van der Waals surface area (Å²) >= 11 is 0. The van der Waals surface area contributed by atoms with Gasteiger partial charge in [0.25, 0.3) is 0 Å². The molecule has 4 aromatic carbocycles. The third kappa shape index (κ3) is 4.96. The molecule has 0 amide bonds. The first-order chi connectivity index (χ1) is 18.5. The van der Waals surface area contributed by atoms with E-state index in [1.165, 1.54) is 0 Å². The molecule has 0 spiro atoms. The van der Waals surface area contributed by atoms with Gasteiger partial charge in [0.05, 0.1) is 15.5 Å². The summed E-state index contributed by atoms with van der Waals surface area (Å²) in [6, 6.07) is 33.3. The van der Waals surface area contributed by atoms with E-state index in [0.717, 1.165) is 16.5 Å². The highest BCUT2D eigenvalue weighted by atomic mass is 32.2. The predicted molar refractivity (Wildman–Crippen MR) is 159 cm³/mol. The average Bonchev–Trinajstić information content (AvgIpc) is 3.31. The second-order valence-corrected chi connectivity index (χ2v) is 13.0. The van der Waals surface area contributed by atoms with E-state index in [9.17, 15) is 13.5 Å². The van der Waals surface area contributed by atoms with Crippen molar-refractivity contribution in [3.63, 3.8) is 0 Å². The summed E-state index contributed by atoms with van der Waals surface area (Å²) in [6.45, 7) is 7.82. The second-order valence-electron chi connectivity index (χ2n) is 11.1. The molecule has 0 bridgehead atoms. The standard InChI is InChI=1S/C34H33NO3S/c1-24-14-13-19-27(22-24)39(37,38)30(23-33(2,3)4)31-28-20-11-12-21-29(28)35-32(31)34(36,25-15-7-5-8-16-25)26-17-9-6-10-18-26/h5-23,35-36H,1-4H3/b30-23+. The number of benzene rings is 4. The SMILES string of the molecule is Cc1cccc(S(=O)(=O)/C(=C/C(C)(C)C)c2c(C(O)(c3ccccc3)c3ccccc3)[nH]c3ccccc23)c1. The minimum absolute atomic E-state index is 0.165. The van der Waals surface area contributed by atoms with Crippen molar-refractivity contribution in [3.05, 3.63) is 143 Å². The van der Waals surface area contributed by atoms with E-state index in [1.807, 2.05) is 119 Å². The maximum absolute atomic E-state index is 14.5. The average molecular weight is 536 g/mol. The molecule has 0 radical (unpaired) electrons. The van der Waals surface area contributed by atoms with Crippen LogP contribution in [0.4, 0.5) is 0 Å². The maximum Gasteiger partial charge on any atom is 0.206 e. The molecule has 0 atom stereocenters. The Bertz CT molecular complexity index is 1720. The van der Waals surface area contributed by atoms with Crippen molar-refractivity contribution < 1.29 is 13.5 Å². The molecule has 0 aliphatic heterocycles. The van der Waals surface area contributed by atoms with Gasteiger partial charge in [-0.05, 0) is 47.2 Å². The lowest BCUT2D eigenvalue weighted by molar-refractivity contribution is 0.121. The summed E-state index contributed by atoms with van der Waals surface area (Å²) in [6.07, 6.45) is 1.81. The number of aromatic amines is 1. The number of H-pyrrole nitrogens is 1. The lowest BCUT2D eigenvalue weighted by atomic mass is 9.81. The fraction of sp³-hybridized carbons (Fsp3) is 0.176. The number of fused-ring (bicyclic) bond motifs is 1. The van der Waals surface area contributed by atoms with Gasteiger partial charge in [-0.15, -0.1) is 0 Å². The van der Waals surface area contributed by atoms with Crippen LogP contribution in [0.2, 0.25) is 0 Å². The normalized spacial score (nSPS) is 13.1. The fourth-order valence-electron chi connectivity index (χ4n) is 5.07. The summed E-state index contributed by atoms with van der Waals surface area (Å²) < 4.78 is 29.0. The first-order valence-electron chi connectivity index (χ1n) is 13.0. The van der Waals surface area contributed by atoms with Crippen LogP contribution in [-0.4, -0.2) is 18.5 Å². The number of hydrogen-bond acceptors (Lipinski definition) is 3. The molecular formula is C34H33NO3S. The molecule has 1 aromatic heterocycles. The van der Waals surface area contributed by atoms with Gasteiger partial charge in [0.15, 0.2) is 5.60 Å². The number of sulfone groups is 1. The van der Waals surface area contributed by atoms with Crippen LogP contribution in [0.3, 0.4) is 0 Å². The maximum atomic E-state index is 14.5. The van der Waals surface area contributed by atoms with Gasteiger partial charge in [0.2, 0.25) is 9.84 Å². The van der Waals surface area contributed by atoms with Gasteiger partial charge in [-0.1, -0.05) is 118 Å². The van der Waals surface area contributed by atoms with E-state index in [0.29, 0.717) is 22.4 Å². The Morgan fingerprint density at radius 3 is 1.90 bits per heavy atom. The van der Waals surface area contributed by atoms with Crippen molar-refractivity contribution >= 4 is 25.6 Å². The Kier molecular flexibility index (Phi) is 6.83. The number of allylic oxidation sites excluding steroid dienone is 1. The van der Waals surface area contributed by atoms with Crippen molar-refractivity contribution in [2.45, 2.75) is 38.2 Å². The number of hydrogen-bond donors (Lipinski definition) is 2. The smallest absolute Gasteiger partial charge is 0.206 e. The number of nitrogens with one attached hydrogen (secondary N) is 1. The molecule has 5 heteroatoms. The third-order valence-electron chi connectivity index (χ3n) is 6.85. The molecule has 1 heterocycles. The quantitative estimate of drug-likeness (QED) is 0.235. The molecule has 2 N–H and O–H groups in total. The van der Waals surface area contributed by atoms with E-state index in [1.54, 1.807) is 24.3 Å². The van der Waals surface area contributed by atoms with Gasteiger partial charge in [0, 0.05) is 16.5 Å². The molecule has 0 fully saturated rings. The van der Waals surface area contributed by atoms with Crippen LogP contribution < -0.4 is 0 Å². The van der Waals surface area contributed by atoms with E-state index in [4.69, 9.17) is 0 Å². The van der Waals surface area contributed by atoms with Crippen LogP contribution in [-0.2, 0) is 15.4 Å². The molecule has 0 unspecified atom stereocenters. The van der Waals surface area contributed by atoms with E-state index >= 15 is 0 Å². The highest BCUT2D eigenvalue weighted by Gasteiger charge is 2.41. The molecule has 0 aliphatic carbocycles. The highest BCUT2D eigenvalue weighted by Crippen LogP contribution is 2.45. The van der Waals surface area contributed by atoms with E-state index in [-0.39, 0.29) is 9.80 Å². The third-order valence-corrected chi connectivity index (χ3v) is 8.63. The topological polar surface area (TPSA) is 70.2 Å². The van der Waals surface area contributed by atoms with Crippen molar-refractivity contribution in [1.82, 2.24) is 4.98 Å². The largest absolute Gasteiger partial charge is 0.375 e. The number of aromatic nitrogens is 1. The number of para-hydroxylation sites is 1. The van der Waals surface area contributed by atoms with Crippen molar-refractivity contribution in [1.29, 1.82) is 0 Å². The summed E-state index contributed by atoms with van der Waals surface area (Å²) in [5, 5.41) is 13.5. The molecule has 5 rings (SSSR count). The summed E-state index contributed by atoms with van der Waals surface area (Å²) in [7, 11) is -3.99. The van der Waals surface area contributed by atoms with Gasteiger partial charge in [0.1, 0.15) is 0 Å². The molecule has 0 aliphatic rings. The molecule has 0 saturated carbocycles. The fourth-order valence-corrected chi connectivity index (χ4v) is 6.91. The van der Waals surface area contributed by atoms with Gasteiger partial charge < -0.3 is 10.1 Å². The molecule has 4 nitrogen and oxygen atoms in total. The monoisotopic (exact) mass is 535 g/mol. The zero-order valence-electron chi connectivity index (χ0n) is 22.6. The van der Waals surface area contributed by atoms with Crippen LogP contribution in [0.5, 0.6) is 0 Å². The van der Waals surface area contributed by atoms with Gasteiger partial charge in [-0.3, -0.25) is 0 Å². The van der Waals surface area contributed by atoms with Crippen LogP contribution in [0.25, 0.3) is 15.8 Å². The Balaban J connectivity index is 1.93. The Hall–Kier alpha value is -3.93. The zero-order chi connectivity index (χ0) is 27.8. The van der Waals surface area contributed by atoms with E-state index in [2.05, 4.69) is 4.98 Å². The molecular weight excluding hydrogens is 502 g/mol. The lowest BCUT2D eigenvalue weighted by Crippen LogP contribution is -2.31. The zero-order valence-corrected chi connectivity index (χ0v) is 23.5. The summed E-state index contributed by atoms with van der Waals surface area (Å²) in [4.78, 5) is 3.83. The van der Waals surface area contributed by atoms with Gasteiger partial charge in [-0.25, -0.2) is 8.42 Å². The Morgan fingerprint density at radius 1 is 0.769 bits per heavy atom. The number of aryl methyl sites for hydroxylation is 1. The molecule has 5 aromatic rings. The van der Waals surface area contributed by atoms with Crippen LogP contribution >= 0.6 is 0 Å². The van der Waals surface area contributed by atoms with Gasteiger partial charge >= 0.3 is 0 Å².